The Morgan fingerprint density at radius 1 is 1.45 bits per heavy atom. The van der Waals surface area contributed by atoms with Crippen LogP contribution in [0.2, 0.25) is 0 Å². The number of carbonyl (C=O) groups is 1. The number of nitro groups is 1. The van der Waals surface area contributed by atoms with E-state index in [1.807, 2.05) is 13.8 Å². The minimum absolute atomic E-state index is 0.0490. The van der Waals surface area contributed by atoms with E-state index >= 15 is 0 Å². The molecule has 0 fully saturated rings. The number of ether oxygens (including phenoxy) is 1. The molecule has 1 atom stereocenters. The number of rotatable bonds is 8. The molecule has 1 unspecified atom stereocenters. The van der Waals surface area contributed by atoms with Crippen molar-refractivity contribution < 1.29 is 14.5 Å². The lowest BCUT2D eigenvalue weighted by Gasteiger charge is -2.21. The molecule has 0 aliphatic heterocycles. The summed E-state index contributed by atoms with van der Waals surface area (Å²) >= 11 is 0. The van der Waals surface area contributed by atoms with Crippen LogP contribution >= 0.6 is 0 Å². The Morgan fingerprint density at radius 2 is 2.14 bits per heavy atom. The highest BCUT2D eigenvalue weighted by Crippen LogP contribution is 2.19. The number of amides is 1. The Bertz CT molecular complexity index is 519. The van der Waals surface area contributed by atoms with Crippen LogP contribution in [-0.4, -0.2) is 42.0 Å². The molecule has 1 aromatic rings. The molecule has 1 aromatic carbocycles. The van der Waals surface area contributed by atoms with E-state index in [1.54, 1.807) is 18.0 Å². The number of nitro benzene ring substituents is 1. The zero-order valence-corrected chi connectivity index (χ0v) is 13.2. The van der Waals surface area contributed by atoms with Gasteiger partial charge in [-0.25, -0.2) is 0 Å². The van der Waals surface area contributed by atoms with Gasteiger partial charge in [-0.05, 0) is 18.4 Å². The predicted octanol–water partition coefficient (Wildman–Crippen LogP) is 1.81. The van der Waals surface area contributed by atoms with Gasteiger partial charge in [0.05, 0.1) is 11.0 Å². The van der Waals surface area contributed by atoms with Crippen LogP contribution in [-0.2, 0) is 4.79 Å². The SMILES string of the molecule is CC(C)C(N)CCN(C)C(=O)COc1cccc([N+](=O)[O-])c1. The Morgan fingerprint density at radius 3 is 2.73 bits per heavy atom. The van der Waals surface area contributed by atoms with Crippen molar-refractivity contribution in [3.8, 4) is 5.75 Å². The zero-order chi connectivity index (χ0) is 16.7. The number of carbonyl (C=O) groups excluding carboxylic acids is 1. The fourth-order valence-electron chi connectivity index (χ4n) is 1.74. The second kappa shape index (κ2) is 8.33. The van der Waals surface area contributed by atoms with Crippen LogP contribution in [0, 0.1) is 16.0 Å². The summed E-state index contributed by atoms with van der Waals surface area (Å²) in [6.07, 6.45) is 0.719. The maximum Gasteiger partial charge on any atom is 0.273 e. The summed E-state index contributed by atoms with van der Waals surface area (Å²) in [7, 11) is 1.69. The Labute approximate surface area is 130 Å². The van der Waals surface area contributed by atoms with Crippen LogP contribution in [0.25, 0.3) is 0 Å². The van der Waals surface area contributed by atoms with Gasteiger partial charge in [0.2, 0.25) is 0 Å². The number of nitrogens with zero attached hydrogens (tertiary/aromatic N) is 2. The topological polar surface area (TPSA) is 98.7 Å². The number of non-ortho nitro benzene ring substituents is 1. The standard InChI is InChI=1S/C15H23N3O4/c1-11(2)14(16)7-8-17(3)15(19)10-22-13-6-4-5-12(9-13)18(20)21/h4-6,9,11,14H,7-8,10,16H2,1-3H3. The lowest BCUT2D eigenvalue weighted by molar-refractivity contribution is -0.384. The average molecular weight is 309 g/mol. The van der Waals surface area contributed by atoms with Crippen molar-refractivity contribution in [2.45, 2.75) is 26.3 Å². The predicted molar refractivity (Wildman–Crippen MR) is 83.7 cm³/mol. The molecule has 0 aliphatic carbocycles. The third-order valence-electron chi connectivity index (χ3n) is 3.47. The number of hydrogen-bond acceptors (Lipinski definition) is 5. The van der Waals surface area contributed by atoms with Crippen molar-refractivity contribution in [1.82, 2.24) is 4.90 Å². The monoisotopic (exact) mass is 309 g/mol. The molecule has 0 saturated heterocycles. The molecule has 1 amide bonds. The molecular formula is C15H23N3O4. The van der Waals surface area contributed by atoms with E-state index in [9.17, 15) is 14.9 Å². The molecule has 22 heavy (non-hydrogen) atoms. The summed E-state index contributed by atoms with van der Waals surface area (Å²) in [6.45, 7) is 4.47. The van der Waals surface area contributed by atoms with E-state index in [0.29, 0.717) is 18.2 Å². The van der Waals surface area contributed by atoms with E-state index in [4.69, 9.17) is 10.5 Å². The lowest BCUT2D eigenvalue weighted by atomic mass is 10.0. The Kier molecular flexibility index (Phi) is 6.78. The van der Waals surface area contributed by atoms with E-state index in [0.717, 1.165) is 6.42 Å². The van der Waals surface area contributed by atoms with Gasteiger partial charge in [0.15, 0.2) is 6.61 Å². The fourth-order valence-corrected chi connectivity index (χ4v) is 1.74. The third-order valence-corrected chi connectivity index (χ3v) is 3.47. The van der Waals surface area contributed by atoms with Crippen LogP contribution in [0.5, 0.6) is 5.75 Å². The van der Waals surface area contributed by atoms with Gasteiger partial charge >= 0.3 is 0 Å². The lowest BCUT2D eigenvalue weighted by Crippen LogP contribution is -2.36. The molecule has 0 aliphatic rings. The minimum atomic E-state index is -0.506. The van der Waals surface area contributed by atoms with Crippen molar-refractivity contribution in [2.24, 2.45) is 11.7 Å². The quantitative estimate of drug-likeness (QED) is 0.583. The van der Waals surface area contributed by atoms with Gasteiger partial charge in [0.1, 0.15) is 5.75 Å². The first-order valence-electron chi connectivity index (χ1n) is 7.18. The van der Waals surface area contributed by atoms with Gasteiger partial charge in [-0.3, -0.25) is 14.9 Å². The highest BCUT2D eigenvalue weighted by molar-refractivity contribution is 5.77. The first kappa shape index (κ1) is 17.9. The highest BCUT2D eigenvalue weighted by Gasteiger charge is 2.14. The number of nitrogens with two attached hydrogens (primary N) is 1. The molecule has 1 rings (SSSR count). The van der Waals surface area contributed by atoms with Crippen molar-refractivity contribution in [2.75, 3.05) is 20.2 Å². The number of likely N-dealkylation sites (N-methyl/N-ethyl adjacent to an activating group) is 1. The number of hydrogen-bond donors (Lipinski definition) is 1. The van der Waals surface area contributed by atoms with Crippen LogP contribution in [0.4, 0.5) is 5.69 Å². The van der Waals surface area contributed by atoms with Crippen LogP contribution in [0.3, 0.4) is 0 Å². The van der Waals surface area contributed by atoms with Crippen LogP contribution < -0.4 is 10.5 Å². The second-order valence-electron chi connectivity index (χ2n) is 5.55. The smallest absolute Gasteiger partial charge is 0.273 e. The summed E-state index contributed by atoms with van der Waals surface area (Å²) in [6, 6.07) is 5.81. The van der Waals surface area contributed by atoms with Gasteiger partial charge in [0.25, 0.3) is 11.6 Å². The maximum absolute atomic E-state index is 11.9. The van der Waals surface area contributed by atoms with Gasteiger partial charge in [-0.2, -0.15) is 0 Å². The molecule has 7 heteroatoms. The Balaban J connectivity index is 2.45. The largest absolute Gasteiger partial charge is 0.484 e. The Hall–Kier alpha value is -2.15. The van der Waals surface area contributed by atoms with Gasteiger partial charge in [-0.1, -0.05) is 19.9 Å². The number of benzene rings is 1. The van der Waals surface area contributed by atoms with E-state index < -0.39 is 4.92 Å². The molecule has 0 aromatic heterocycles. The first-order chi connectivity index (χ1) is 10.3. The van der Waals surface area contributed by atoms with Gasteiger partial charge < -0.3 is 15.4 Å². The molecule has 0 saturated carbocycles. The van der Waals surface area contributed by atoms with Crippen LogP contribution in [0.1, 0.15) is 20.3 Å². The van der Waals surface area contributed by atoms with Crippen molar-refractivity contribution >= 4 is 11.6 Å². The molecule has 0 radical (unpaired) electrons. The maximum atomic E-state index is 11.9. The summed E-state index contributed by atoms with van der Waals surface area (Å²) in [5.74, 6) is 0.474. The fraction of sp³-hybridized carbons (Fsp3) is 0.533. The van der Waals surface area contributed by atoms with Gasteiger partial charge in [0, 0.05) is 25.7 Å². The molecule has 0 bridgehead atoms. The van der Waals surface area contributed by atoms with Crippen molar-refractivity contribution in [1.29, 1.82) is 0 Å². The minimum Gasteiger partial charge on any atom is -0.484 e. The van der Waals surface area contributed by atoms with Crippen molar-refractivity contribution in [3.63, 3.8) is 0 Å². The average Bonchev–Trinajstić information content (AvgIpc) is 2.49. The van der Waals surface area contributed by atoms with Crippen molar-refractivity contribution in [3.05, 3.63) is 34.4 Å². The highest BCUT2D eigenvalue weighted by atomic mass is 16.6. The van der Waals surface area contributed by atoms with E-state index in [2.05, 4.69) is 0 Å². The molecule has 2 N–H and O–H groups in total. The molecule has 122 valence electrons. The normalized spacial score (nSPS) is 12.0. The summed E-state index contributed by atoms with van der Waals surface area (Å²) < 4.78 is 5.31. The van der Waals surface area contributed by atoms with E-state index in [1.165, 1.54) is 18.2 Å². The second-order valence-corrected chi connectivity index (χ2v) is 5.55. The van der Waals surface area contributed by atoms with E-state index in [-0.39, 0.29) is 24.2 Å². The molecule has 7 nitrogen and oxygen atoms in total. The zero-order valence-electron chi connectivity index (χ0n) is 13.2. The summed E-state index contributed by atoms with van der Waals surface area (Å²) in [5.41, 5.74) is 5.87. The summed E-state index contributed by atoms with van der Waals surface area (Å²) in [5, 5.41) is 10.7. The molecule has 0 heterocycles. The van der Waals surface area contributed by atoms with Crippen LogP contribution in [0.15, 0.2) is 24.3 Å². The van der Waals surface area contributed by atoms with Gasteiger partial charge in [-0.15, -0.1) is 0 Å². The first-order valence-corrected chi connectivity index (χ1v) is 7.18. The molecular weight excluding hydrogens is 286 g/mol. The third kappa shape index (κ3) is 5.69. The molecule has 0 spiro atoms. The summed E-state index contributed by atoms with van der Waals surface area (Å²) in [4.78, 5) is 23.7.